The number of ether oxygens (including phenoxy) is 1. The van der Waals surface area contributed by atoms with Crippen LogP contribution in [0.25, 0.3) is 0 Å². The minimum atomic E-state index is -3.09. The average molecular weight is 316 g/mol. The lowest BCUT2D eigenvalue weighted by molar-refractivity contribution is -0.141. The zero-order valence-corrected chi connectivity index (χ0v) is 11.5. The van der Waals surface area contributed by atoms with Crippen LogP contribution in [0.15, 0.2) is 24.3 Å². The van der Waals surface area contributed by atoms with E-state index in [1.165, 1.54) is 31.2 Å². The summed E-state index contributed by atoms with van der Waals surface area (Å²) in [6.07, 6.45) is 0. The van der Waals surface area contributed by atoms with E-state index < -0.39 is 37.0 Å². The van der Waals surface area contributed by atoms with Crippen LogP contribution in [0.3, 0.4) is 0 Å². The molecule has 1 atom stereocenters. The number of hydrogen-bond donors (Lipinski definition) is 3. The molecule has 2 amide bonds. The van der Waals surface area contributed by atoms with E-state index in [4.69, 9.17) is 5.11 Å². The van der Waals surface area contributed by atoms with Crippen LogP contribution in [0.4, 0.5) is 8.78 Å². The van der Waals surface area contributed by atoms with Gasteiger partial charge in [0.1, 0.15) is 11.8 Å². The summed E-state index contributed by atoms with van der Waals surface area (Å²) in [4.78, 5) is 33.8. The molecule has 1 aromatic rings. The summed E-state index contributed by atoms with van der Waals surface area (Å²) < 4.78 is 28.6. The van der Waals surface area contributed by atoms with Crippen molar-refractivity contribution < 1.29 is 33.0 Å². The third kappa shape index (κ3) is 5.35. The number of para-hydroxylation sites is 1. The highest BCUT2D eigenvalue weighted by Crippen LogP contribution is 2.19. The van der Waals surface area contributed by atoms with Crippen molar-refractivity contribution in [3.8, 4) is 5.75 Å². The van der Waals surface area contributed by atoms with Crippen molar-refractivity contribution in [2.45, 2.75) is 19.6 Å². The predicted molar refractivity (Wildman–Crippen MR) is 70.6 cm³/mol. The van der Waals surface area contributed by atoms with Gasteiger partial charge < -0.3 is 20.5 Å². The highest BCUT2D eigenvalue weighted by molar-refractivity contribution is 5.99. The van der Waals surface area contributed by atoms with Gasteiger partial charge in [0.15, 0.2) is 0 Å². The fraction of sp³-hybridized carbons (Fsp3) is 0.308. The quantitative estimate of drug-likeness (QED) is 0.683. The standard InChI is InChI=1S/C13H14F2N2O5/c1-7(12(20)21)17-10(18)6-16-11(19)8-4-2-3-5-9(8)22-13(14)15/h2-5,7,13H,6H2,1H3,(H,16,19)(H,17,18)(H,20,21)/t7-/m1/s1. The number of carbonyl (C=O) groups is 3. The molecule has 0 saturated heterocycles. The van der Waals surface area contributed by atoms with Crippen LogP contribution in [0.2, 0.25) is 0 Å². The second-order valence-electron chi connectivity index (χ2n) is 4.18. The number of rotatable bonds is 7. The van der Waals surface area contributed by atoms with E-state index in [0.717, 1.165) is 0 Å². The monoisotopic (exact) mass is 316 g/mol. The molecule has 7 nitrogen and oxygen atoms in total. The highest BCUT2D eigenvalue weighted by atomic mass is 19.3. The second kappa shape index (κ2) is 7.91. The Morgan fingerprint density at radius 2 is 1.91 bits per heavy atom. The first kappa shape index (κ1) is 17.3. The van der Waals surface area contributed by atoms with Crippen LogP contribution in [0, 0.1) is 0 Å². The number of amides is 2. The fourth-order valence-corrected chi connectivity index (χ4v) is 1.46. The molecule has 0 spiro atoms. The molecule has 0 aliphatic heterocycles. The van der Waals surface area contributed by atoms with Gasteiger partial charge in [0.25, 0.3) is 5.91 Å². The van der Waals surface area contributed by atoms with E-state index in [0.29, 0.717) is 0 Å². The zero-order valence-electron chi connectivity index (χ0n) is 11.5. The van der Waals surface area contributed by atoms with Crippen LogP contribution < -0.4 is 15.4 Å². The molecule has 0 aliphatic carbocycles. The number of carboxylic acid groups (broad SMARTS) is 1. The molecule has 0 bridgehead atoms. The molecule has 0 aromatic heterocycles. The van der Waals surface area contributed by atoms with Gasteiger partial charge in [0.2, 0.25) is 5.91 Å². The highest BCUT2D eigenvalue weighted by Gasteiger charge is 2.17. The SMILES string of the molecule is C[C@@H](NC(=O)CNC(=O)c1ccccc1OC(F)F)C(=O)O. The van der Waals surface area contributed by atoms with E-state index >= 15 is 0 Å². The maximum absolute atomic E-state index is 12.2. The molecule has 0 unspecified atom stereocenters. The first-order valence-corrected chi connectivity index (χ1v) is 6.15. The number of carbonyl (C=O) groups excluding carboxylic acids is 2. The molecule has 9 heteroatoms. The van der Waals surface area contributed by atoms with Gasteiger partial charge in [0.05, 0.1) is 12.1 Å². The third-order valence-electron chi connectivity index (χ3n) is 2.51. The molecular weight excluding hydrogens is 302 g/mol. The lowest BCUT2D eigenvalue weighted by Crippen LogP contribution is -2.44. The van der Waals surface area contributed by atoms with E-state index in [-0.39, 0.29) is 11.3 Å². The summed E-state index contributed by atoms with van der Waals surface area (Å²) >= 11 is 0. The number of carboxylic acids is 1. The van der Waals surface area contributed by atoms with Crippen molar-refractivity contribution in [2.75, 3.05) is 6.54 Å². The normalized spacial score (nSPS) is 11.6. The Labute approximate surface area is 124 Å². The van der Waals surface area contributed by atoms with Crippen molar-refractivity contribution in [2.24, 2.45) is 0 Å². The number of nitrogens with one attached hydrogen (secondary N) is 2. The largest absolute Gasteiger partial charge is 0.480 e. The van der Waals surface area contributed by atoms with Gasteiger partial charge in [-0.2, -0.15) is 8.78 Å². The Morgan fingerprint density at radius 3 is 2.50 bits per heavy atom. The summed E-state index contributed by atoms with van der Waals surface area (Å²) in [5.74, 6) is -3.07. The van der Waals surface area contributed by atoms with E-state index in [9.17, 15) is 23.2 Å². The maximum Gasteiger partial charge on any atom is 0.387 e. The fourth-order valence-electron chi connectivity index (χ4n) is 1.46. The maximum atomic E-state index is 12.2. The van der Waals surface area contributed by atoms with Crippen LogP contribution in [0.1, 0.15) is 17.3 Å². The number of halogens is 2. The molecular formula is C13H14F2N2O5. The first-order chi connectivity index (χ1) is 10.3. The lowest BCUT2D eigenvalue weighted by Gasteiger charge is -2.12. The Hall–Kier alpha value is -2.71. The topological polar surface area (TPSA) is 105 Å². The van der Waals surface area contributed by atoms with Gasteiger partial charge in [-0.15, -0.1) is 0 Å². The van der Waals surface area contributed by atoms with Crippen molar-refractivity contribution in [1.82, 2.24) is 10.6 Å². The predicted octanol–water partition coefficient (Wildman–Crippen LogP) is 0.607. The molecule has 0 radical (unpaired) electrons. The smallest absolute Gasteiger partial charge is 0.387 e. The summed E-state index contributed by atoms with van der Waals surface area (Å²) in [5.41, 5.74) is -0.165. The number of hydrogen-bond acceptors (Lipinski definition) is 4. The number of aliphatic carboxylic acids is 1. The molecule has 0 heterocycles. The van der Waals surface area contributed by atoms with Crippen LogP contribution in [-0.2, 0) is 9.59 Å². The van der Waals surface area contributed by atoms with E-state index in [1.54, 1.807) is 0 Å². The van der Waals surface area contributed by atoms with Crippen molar-refractivity contribution in [3.63, 3.8) is 0 Å². The molecule has 120 valence electrons. The Morgan fingerprint density at radius 1 is 1.27 bits per heavy atom. The first-order valence-electron chi connectivity index (χ1n) is 6.15. The molecule has 1 rings (SSSR count). The van der Waals surface area contributed by atoms with E-state index in [2.05, 4.69) is 15.4 Å². The zero-order chi connectivity index (χ0) is 16.7. The van der Waals surface area contributed by atoms with Gasteiger partial charge in [-0.05, 0) is 19.1 Å². The van der Waals surface area contributed by atoms with Crippen molar-refractivity contribution in [3.05, 3.63) is 29.8 Å². The average Bonchev–Trinajstić information content (AvgIpc) is 2.44. The van der Waals surface area contributed by atoms with Crippen LogP contribution in [-0.4, -0.2) is 42.1 Å². The number of alkyl halides is 2. The molecule has 1 aromatic carbocycles. The Bertz CT molecular complexity index is 565. The van der Waals surface area contributed by atoms with Gasteiger partial charge in [-0.25, -0.2) is 0 Å². The summed E-state index contributed by atoms with van der Waals surface area (Å²) in [7, 11) is 0. The molecule has 3 N–H and O–H groups in total. The molecule has 0 fully saturated rings. The lowest BCUT2D eigenvalue weighted by atomic mass is 10.2. The summed E-state index contributed by atoms with van der Waals surface area (Å²) in [6, 6.07) is 4.19. The second-order valence-corrected chi connectivity index (χ2v) is 4.18. The minimum absolute atomic E-state index is 0.165. The Kier molecular flexibility index (Phi) is 6.24. The van der Waals surface area contributed by atoms with Crippen molar-refractivity contribution >= 4 is 17.8 Å². The van der Waals surface area contributed by atoms with Gasteiger partial charge in [-0.1, -0.05) is 12.1 Å². The minimum Gasteiger partial charge on any atom is -0.480 e. The molecule has 0 saturated carbocycles. The van der Waals surface area contributed by atoms with Gasteiger partial charge in [-0.3, -0.25) is 14.4 Å². The molecule has 0 aliphatic rings. The summed E-state index contributed by atoms with van der Waals surface area (Å²) in [5, 5.41) is 12.9. The van der Waals surface area contributed by atoms with Gasteiger partial charge >= 0.3 is 12.6 Å². The molecule has 22 heavy (non-hydrogen) atoms. The van der Waals surface area contributed by atoms with E-state index in [1.807, 2.05) is 0 Å². The Balaban J connectivity index is 2.63. The summed E-state index contributed by atoms with van der Waals surface area (Å²) in [6.45, 7) is -2.33. The van der Waals surface area contributed by atoms with Crippen LogP contribution in [0.5, 0.6) is 5.75 Å². The van der Waals surface area contributed by atoms with Crippen LogP contribution >= 0.6 is 0 Å². The van der Waals surface area contributed by atoms with Gasteiger partial charge in [0, 0.05) is 0 Å². The number of benzene rings is 1. The van der Waals surface area contributed by atoms with Crippen molar-refractivity contribution in [1.29, 1.82) is 0 Å². The third-order valence-corrected chi connectivity index (χ3v) is 2.51.